The molecule has 0 aliphatic carbocycles. The number of hydrogen-bond donors (Lipinski definition) is 0. The van der Waals surface area contributed by atoms with E-state index in [-0.39, 0.29) is 0 Å². The van der Waals surface area contributed by atoms with E-state index >= 15 is 0 Å². The zero-order valence-electron chi connectivity index (χ0n) is 9.04. The summed E-state index contributed by atoms with van der Waals surface area (Å²) in [7, 11) is 0. The van der Waals surface area contributed by atoms with Gasteiger partial charge in [-0.15, -0.1) is 0 Å². The number of nitrogens with zero attached hydrogens (tertiary/aromatic N) is 1. The second-order valence-corrected chi connectivity index (χ2v) is 2.06. The molecule has 13 heavy (non-hydrogen) atoms. The summed E-state index contributed by atoms with van der Waals surface area (Å²) in [6, 6.07) is 12.2. The maximum Gasteiger partial charge on any atom is 0.0587 e. The summed E-state index contributed by atoms with van der Waals surface area (Å²) >= 11 is 0. The van der Waals surface area contributed by atoms with Gasteiger partial charge in [0.25, 0.3) is 0 Å². The van der Waals surface area contributed by atoms with Gasteiger partial charge in [0.15, 0.2) is 0 Å². The van der Waals surface area contributed by atoms with Gasteiger partial charge in [-0.1, -0.05) is 51.1 Å². The quantitative estimate of drug-likeness (QED) is 0.640. The van der Waals surface area contributed by atoms with Crippen LogP contribution in [0.25, 0.3) is 0 Å². The highest BCUT2D eigenvalue weighted by atomic mass is 14.2. The molecule has 1 heteroatoms. The van der Waals surface area contributed by atoms with Crippen molar-refractivity contribution >= 4 is 0 Å². The van der Waals surface area contributed by atoms with Crippen LogP contribution in [0.2, 0.25) is 0 Å². The van der Waals surface area contributed by atoms with Crippen LogP contribution >= 0.6 is 0 Å². The van der Waals surface area contributed by atoms with E-state index < -0.39 is 0 Å². The molecule has 0 saturated carbocycles. The highest BCUT2D eigenvalue weighted by Crippen LogP contribution is 1.96. The maximum atomic E-state index is 7.32. The third-order valence-electron chi connectivity index (χ3n) is 1.25. The molecule has 0 aliphatic heterocycles. The Morgan fingerprint density at radius 1 is 1.15 bits per heavy atom. The van der Waals surface area contributed by atoms with E-state index in [2.05, 4.69) is 31.2 Å². The zero-order chi connectivity index (χ0) is 10.5. The van der Waals surface area contributed by atoms with Crippen LogP contribution in [0.3, 0.4) is 0 Å². The van der Waals surface area contributed by atoms with Gasteiger partial charge in [-0.3, -0.25) is 0 Å². The highest BCUT2D eigenvalue weighted by Gasteiger charge is 1.79. The number of nitriles is 1. The number of rotatable bonds is 1. The second-order valence-electron chi connectivity index (χ2n) is 2.06. The Balaban J connectivity index is 0. The molecule has 0 fully saturated rings. The van der Waals surface area contributed by atoms with Crippen molar-refractivity contribution in [2.24, 2.45) is 0 Å². The lowest BCUT2D eigenvalue weighted by molar-refractivity contribution is 1.14. The Morgan fingerprint density at radius 3 is 1.77 bits per heavy atom. The summed E-state index contributed by atoms with van der Waals surface area (Å²) in [4.78, 5) is 0. The minimum absolute atomic E-state index is 1.14. The van der Waals surface area contributed by atoms with Crippen molar-refractivity contribution in [3.05, 3.63) is 35.9 Å². The monoisotopic (exact) mass is 177 g/mol. The first-order chi connectivity index (χ1) is 6.35. The molecule has 0 N–H and O–H groups in total. The Bertz CT molecular complexity index is 208. The lowest BCUT2D eigenvalue weighted by Gasteiger charge is -1.89. The second kappa shape index (κ2) is 13.3. The van der Waals surface area contributed by atoms with E-state index in [4.69, 9.17) is 5.26 Å². The van der Waals surface area contributed by atoms with Crippen molar-refractivity contribution in [2.45, 2.75) is 34.1 Å². The Morgan fingerprint density at radius 2 is 1.54 bits per heavy atom. The van der Waals surface area contributed by atoms with Crippen molar-refractivity contribution in [2.75, 3.05) is 0 Å². The van der Waals surface area contributed by atoms with Crippen LogP contribution in [0.1, 0.15) is 33.3 Å². The zero-order valence-corrected chi connectivity index (χ0v) is 9.04. The molecule has 1 aromatic rings. The Hall–Kier alpha value is -1.29. The van der Waals surface area contributed by atoms with Gasteiger partial charge >= 0.3 is 0 Å². The molecule has 1 nitrogen and oxygen atoms in total. The number of aryl methyl sites for hydroxylation is 1. The average molecular weight is 177 g/mol. The molecule has 0 radical (unpaired) electrons. The molecule has 1 aromatic carbocycles. The summed E-state index contributed by atoms with van der Waals surface area (Å²) in [5.41, 5.74) is 1.41. The third-order valence-corrected chi connectivity index (χ3v) is 1.25. The van der Waals surface area contributed by atoms with E-state index in [1.165, 1.54) is 12.5 Å². The van der Waals surface area contributed by atoms with Gasteiger partial charge in [-0.05, 0) is 12.0 Å². The summed E-state index contributed by atoms with van der Waals surface area (Å²) in [5, 5.41) is 7.32. The van der Waals surface area contributed by atoms with E-state index in [0.29, 0.717) is 0 Å². The minimum Gasteiger partial charge on any atom is -0.199 e. The summed E-state index contributed by atoms with van der Waals surface area (Å²) < 4.78 is 0. The molecule has 0 aliphatic rings. The summed E-state index contributed by atoms with van der Waals surface area (Å²) in [6.07, 6.45) is 1.14. The van der Waals surface area contributed by atoms with Gasteiger partial charge in [-0.25, -0.2) is 0 Å². The average Bonchev–Trinajstić information content (AvgIpc) is 2.23. The fourth-order valence-electron chi connectivity index (χ4n) is 0.714. The molecule has 1 rings (SSSR count). The van der Waals surface area contributed by atoms with Crippen molar-refractivity contribution in [1.29, 1.82) is 5.26 Å². The molecule has 0 bridgehead atoms. The summed E-state index contributed by atoms with van der Waals surface area (Å²) in [5.74, 6) is 0. The SMILES string of the molecule is CC.CC#N.CCc1ccccc1. The number of benzene rings is 1. The van der Waals surface area contributed by atoms with Gasteiger partial charge < -0.3 is 0 Å². The molecule has 0 aromatic heterocycles. The molecule has 0 unspecified atom stereocenters. The van der Waals surface area contributed by atoms with Gasteiger partial charge in [0, 0.05) is 6.92 Å². The molecule has 0 heterocycles. The van der Waals surface area contributed by atoms with Crippen LogP contribution in [0, 0.1) is 11.3 Å². The van der Waals surface area contributed by atoms with E-state index in [9.17, 15) is 0 Å². The van der Waals surface area contributed by atoms with Gasteiger partial charge in [0.2, 0.25) is 0 Å². The van der Waals surface area contributed by atoms with Crippen molar-refractivity contribution < 1.29 is 0 Å². The summed E-state index contributed by atoms with van der Waals surface area (Å²) in [6.45, 7) is 7.59. The molecule has 72 valence electrons. The molecule has 0 saturated heterocycles. The first-order valence-corrected chi connectivity index (χ1v) is 4.69. The Labute approximate surface area is 82.0 Å². The van der Waals surface area contributed by atoms with Crippen molar-refractivity contribution in [1.82, 2.24) is 0 Å². The smallest absolute Gasteiger partial charge is 0.0587 e. The first-order valence-electron chi connectivity index (χ1n) is 4.69. The molecular formula is C12H19N. The molecule has 0 atom stereocenters. The normalized spacial score (nSPS) is 6.69. The fraction of sp³-hybridized carbons (Fsp3) is 0.417. The molecular weight excluding hydrogens is 158 g/mol. The van der Waals surface area contributed by atoms with Gasteiger partial charge in [0.1, 0.15) is 0 Å². The van der Waals surface area contributed by atoms with Crippen LogP contribution in [-0.4, -0.2) is 0 Å². The standard InChI is InChI=1S/C8H10.C2H3N.C2H6/c1-2-8-6-4-3-5-7-8;1-2-3;1-2/h3-7H,2H2,1H3;1H3;1-2H3. The molecule has 0 spiro atoms. The van der Waals surface area contributed by atoms with E-state index in [0.717, 1.165) is 6.42 Å². The van der Waals surface area contributed by atoms with Crippen LogP contribution in [0.5, 0.6) is 0 Å². The minimum atomic E-state index is 1.14. The fourth-order valence-corrected chi connectivity index (χ4v) is 0.714. The van der Waals surface area contributed by atoms with Gasteiger partial charge in [-0.2, -0.15) is 5.26 Å². The lowest BCUT2D eigenvalue weighted by Crippen LogP contribution is -1.73. The van der Waals surface area contributed by atoms with Crippen LogP contribution < -0.4 is 0 Å². The topological polar surface area (TPSA) is 23.8 Å². The number of hydrogen-bond acceptors (Lipinski definition) is 1. The largest absolute Gasteiger partial charge is 0.199 e. The predicted molar refractivity (Wildman–Crippen MR) is 58.5 cm³/mol. The van der Waals surface area contributed by atoms with E-state index in [1.54, 1.807) is 6.07 Å². The first kappa shape index (κ1) is 14.2. The third kappa shape index (κ3) is 10.7. The van der Waals surface area contributed by atoms with Gasteiger partial charge in [0.05, 0.1) is 6.07 Å². The van der Waals surface area contributed by atoms with Crippen molar-refractivity contribution in [3.63, 3.8) is 0 Å². The Kier molecular flexibility index (Phi) is 14.6. The van der Waals surface area contributed by atoms with Crippen LogP contribution in [0.4, 0.5) is 0 Å². The maximum absolute atomic E-state index is 7.32. The van der Waals surface area contributed by atoms with Crippen LogP contribution in [0.15, 0.2) is 30.3 Å². The van der Waals surface area contributed by atoms with E-state index in [1.807, 2.05) is 19.9 Å². The predicted octanol–water partition coefficient (Wildman–Crippen LogP) is 3.81. The van der Waals surface area contributed by atoms with Crippen molar-refractivity contribution in [3.8, 4) is 6.07 Å². The lowest BCUT2D eigenvalue weighted by atomic mass is 10.2. The molecule has 0 amide bonds. The highest BCUT2D eigenvalue weighted by molar-refractivity contribution is 5.13. The van der Waals surface area contributed by atoms with Crippen LogP contribution in [-0.2, 0) is 6.42 Å².